The highest BCUT2D eigenvalue weighted by Crippen LogP contribution is 2.32. The zero-order chi connectivity index (χ0) is 25.0. The molecule has 0 saturated heterocycles. The first-order valence-electron chi connectivity index (χ1n) is 11.3. The number of pyridine rings is 1. The van der Waals surface area contributed by atoms with Crippen molar-refractivity contribution in [3.05, 3.63) is 71.1 Å². The summed E-state index contributed by atoms with van der Waals surface area (Å²) in [4.78, 5) is 20.8. The van der Waals surface area contributed by atoms with Gasteiger partial charge in [0.25, 0.3) is 0 Å². The van der Waals surface area contributed by atoms with E-state index in [1.807, 2.05) is 0 Å². The van der Waals surface area contributed by atoms with E-state index in [0.29, 0.717) is 59.2 Å². The van der Waals surface area contributed by atoms with Gasteiger partial charge >= 0.3 is 5.97 Å². The van der Waals surface area contributed by atoms with E-state index in [1.54, 1.807) is 17.4 Å². The first-order valence-corrected chi connectivity index (χ1v) is 11.3. The van der Waals surface area contributed by atoms with Gasteiger partial charge in [0.2, 0.25) is 5.95 Å². The third-order valence-corrected chi connectivity index (χ3v) is 6.28. The Kier molecular flexibility index (Phi) is 5.02. The number of nitrogens with zero attached hydrogens (tertiary/aromatic N) is 6. The zero-order valence-corrected chi connectivity index (χ0v) is 19.0. The molecular weight excluding hydrogens is 472 g/mol. The highest BCUT2D eigenvalue weighted by Gasteiger charge is 2.23. The van der Waals surface area contributed by atoms with Gasteiger partial charge in [-0.1, -0.05) is 6.92 Å². The summed E-state index contributed by atoms with van der Waals surface area (Å²) in [5, 5.41) is 20.9. The number of ether oxygens (including phenoxy) is 1. The van der Waals surface area contributed by atoms with Gasteiger partial charge in [-0.2, -0.15) is 0 Å². The normalized spacial score (nSPS) is 12.8. The first-order chi connectivity index (χ1) is 17.5. The number of nitrogens with one attached hydrogen (secondary N) is 1. The average molecular weight is 491 g/mol. The van der Waals surface area contributed by atoms with Crippen LogP contribution in [0.15, 0.2) is 36.9 Å². The third-order valence-electron chi connectivity index (χ3n) is 6.28. The number of benzene rings is 1. The number of anilines is 1. The summed E-state index contributed by atoms with van der Waals surface area (Å²) in [6.45, 7) is 2.44. The van der Waals surface area contributed by atoms with Crippen LogP contribution in [0.3, 0.4) is 0 Å². The molecule has 36 heavy (non-hydrogen) atoms. The molecule has 5 aromatic rings. The molecule has 0 fully saturated rings. The Hall–Kier alpha value is -4.61. The number of carboxylic acid groups (broad SMARTS) is 1. The molecule has 0 amide bonds. The summed E-state index contributed by atoms with van der Waals surface area (Å²) < 4.78 is 37.5. The lowest BCUT2D eigenvalue weighted by Crippen LogP contribution is -2.10. The van der Waals surface area contributed by atoms with E-state index in [9.17, 15) is 18.7 Å². The van der Waals surface area contributed by atoms with Crippen molar-refractivity contribution in [1.29, 1.82) is 0 Å². The number of hydrogen-bond donors (Lipinski definition) is 2. The second kappa shape index (κ2) is 8.26. The molecule has 1 aliphatic rings. The molecule has 4 aromatic heterocycles. The minimum absolute atomic E-state index is 0.0987. The van der Waals surface area contributed by atoms with Gasteiger partial charge in [0, 0.05) is 47.6 Å². The monoisotopic (exact) mass is 491 g/mol. The van der Waals surface area contributed by atoms with Crippen LogP contribution in [0.25, 0.3) is 22.4 Å². The summed E-state index contributed by atoms with van der Waals surface area (Å²) in [6, 6.07) is 4.26. The van der Waals surface area contributed by atoms with Crippen LogP contribution in [0, 0.1) is 11.6 Å². The first kappa shape index (κ1) is 21.9. The molecule has 1 aliphatic heterocycles. The lowest BCUT2D eigenvalue weighted by Gasteiger charge is -2.13. The van der Waals surface area contributed by atoms with E-state index in [0.717, 1.165) is 11.8 Å². The van der Waals surface area contributed by atoms with E-state index in [-0.39, 0.29) is 23.7 Å². The third kappa shape index (κ3) is 3.33. The van der Waals surface area contributed by atoms with Crippen molar-refractivity contribution in [1.82, 2.24) is 29.0 Å². The number of halogens is 2. The SMILES string of the molecule is CCc1nc2c(-c3cnc(NCc4c(F)ccc5c4CCO5)n4cnnc34)cc(F)cn2c1C(=O)O. The number of aromatic carboxylic acids is 1. The number of aromatic nitrogens is 6. The second-order valence-electron chi connectivity index (χ2n) is 8.31. The second-order valence-corrected chi connectivity index (χ2v) is 8.31. The van der Waals surface area contributed by atoms with Gasteiger partial charge in [-0.25, -0.2) is 23.5 Å². The molecule has 0 spiro atoms. The Morgan fingerprint density at radius 2 is 2.08 bits per heavy atom. The fraction of sp³-hybridized carbons (Fsp3) is 0.208. The molecule has 12 heteroatoms. The van der Waals surface area contributed by atoms with Crippen molar-refractivity contribution in [2.75, 3.05) is 11.9 Å². The number of carboxylic acids is 1. The number of imidazole rings is 1. The number of hydrogen-bond acceptors (Lipinski definition) is 7. The van der Waals surface area contributed by atoms with Gasteiger partial charge in [-0.05, 0) is 24.6 Å². The van der Waals surface area contributed by atoms with Crippen molar-refractivity contribution in [3.8, 4) is 16.9 Å². The van der Waals surface area contributed by atoms with Crippen molar-refractivity contribution >= 4 is 23.2 Å². The van der Waals surface area contributed by atoms with Gasteiger partial charge < -0.3 is 15.2 Å². The Balaban J connectivity index is 1.44. The lowest BCUT2D eigenvalue weighted by atomic mass is 10.0. The predicted octanol–water partition coefficient (Wildman–Crippen LogP) is 3.52. The van der Waals surface area contributed by atoms with Gasteiger partial charge in [0.05, 0.1) is 12.3 Å². The molecule has 6 rings (SSSR count). The molecule has 0 unspecified atom stereocenters. The smallest absolute Gasteiger partial charge is 0.354 e. The largest absolute Gasteiger partial charge is 0.493 e. The number of rotatable bonds is 6. The van der Waals surface area contributed by atoms with Gasteiger partial charge in [-0.3, -0.25) is 8.80 Å². The fourth-order valence-corrected chi connectivity index (χ4v) is 4.64. The quantitative estimate of drug-likeness (QED) is 0.370. The zero-order valence-electron chi connectivity index (χ0n) is 19.0. The van der Waals surface area contributed by atoms with E-state index in [2.05, 4.69) is 25.5 Å². The maximum atomic E-state index is 14.6. The van der Waals surface area contributed by atoms with Crippen molar-refractivity contribution in [2.24, 2.45) is 0 Å². The molecule has 0 radical (unpaired) electrons. The van der Waals surface area contributed by atoms with E-state index >= 15 is 0 Å². The van der Waals surface area contributed by atoms with Crippen LogP contribution in [0.4, 0.5) is 14.7 Å². The Morgan fingerprint density at radius 1 is 1.22 bits per heavy atom. The molecule has 5 heterocycles. The van der Waals surface area contributed by atoms with E-state index < -0.39 is 11.8 Å². The molecule has 10 nitrogen and oxygen atoms in total. The minimum atomic E-state index is -1.20. The summed E-state index contributed by atoms with van der Waals surface area (Å²) >= 11 is 0. The van der Waals surface area contributed by atoms with Crippen LogP contribution in [-0.2, 0) is 19.4 Å². The Bertz CT molecular complexity index is 1680. The average Bonchev–Trinajstić information content (AvgIpc) is 3.60. The molecule has 0 bridgehead atoms. The Labute approximate surface area is 202 Å². The molecule has 1 aromatic carbocycles. The van der Waals surface area contributed by atoms with Crippen LogP contribution >= 0.6 is 0 Å². The number of fused-ring (bicyclic) bond motifs is 3. The van der Waals surface area contributed by atoms with Crippen LogP contribution in [-0.4, -0.2) is 46.6 Å². The van der Waals surface area contributed by atoms with Crippen LogP contribution in [0.1, 0.15) is 34.2 Å². The molecule has 182 valence electrons. The molecule has 0 atom stereocenters. The summed E-state index contributed by atoms with van der Waals surface area (Å²) in [7, 11) is 0. The van der Waals surface area contributed by atoms with E-state index in [1.165, 1.54) is 29.1 Å². The van der Waals surface area contributed by atoms with Crippen molar-refractivity contribution < 1.29 is 23.4 Å². The molecule has 0 saturated carbocycles. The standard InChI is InChI=1S/C24H19F2N7O3/c1-2-18-20(23(34)35)32-10-12(25)7-14(21(32)30-18)16-9-28-24(33-11-29-31-22(16)33)27-8-15-13-5-6-36-19(13)4-3-17(15)26/h3-4,7,9-11H,2,5-6,8H2,1H3,(H,27,28)(H,34,35). The van der Waals surface area contributed by atoms with Crippen molar-refractivity contribution in [2.45, 2.75) is 26.3 Å². The minimum Gasteiger partial charge on any atom is -0.493 e. The lowest BCUT2D eigenvalue weighted by molar-refractivity contribution is 0.0688. The predicted molar refractivity (Wildman–Crippen MR) is 124 cm³/mol. The molecular formula is C24H19F2N7O3. The summed E-state index contributed by atoms with van der Waals surface area (Å²) in [5.41, 5.74) is 2.89. The van der Waals surface area contributed by atoms with Crippen LogP contribution < -0.4 is 10.1 Å². The van der Waals surface area contributed by atoms with Gasteiger partial charge in [0.1, 0.15) is 29.4 Å². The van der Waals surface area contributed by atoms with Gasteiger partial charge in [0.15, 0.2) is 11.3 Å². The number of aryl methyl sites for hydroxylation is 1. The van der Waals surface area contributed by atoms with Crippen LogP contribution in [0.2, 0.25) is 0 Å². The topological polar surface area (TPSA) is 119 Å². The maximum Gasteiger partial charge on any atom is 0.354 e. The molecule has 0 aliphatic carbocycles. The summed E-state index contributed by atoms with van der Waals surface area (Å²) in [6.07, 6.45) is 4.99. The fourth-order valence-electron chi connectivity index (χ4n) is 4.64. The number of carbonyl (C=O) groups is 1. The Morgan fingerprint density at radius 3 is 2.89 bits per heavy atom. The highest BCUT2D eigenvalue weighted by atomic mass is 19.1. The van der Waals surface area contributed by atoms with Crippen molar-refractivity contribution in [3.63, 3.8) is 0 Å². The molecule has 2 N–H and O–H groups in total. The van der Waals surface area contributed by atoms with E-state index in [4.69, 9.17) is 4.74 Å². The summed E-state index contributed by atoms with van der Waals surface area (Å²) in [5.74, 6) is -1.16. The maximum absolute atomic E-state index is 14.6. The van der Waals surface area contributed by atoms with Gasteiger partial charge in [-0.15, -0.1) is 10.2 Å². The highest BCUT2D eigenvalue weighted by molar-refractivity contribution is 5.92. The van der Waals surface area contributed by atoms with Crippen LogP contribution in [0.5, 0.6) is 5.75 Å².